The van der Waals surface area contributed by atoms with Crippen LogP contribution in [-0.2, 0) is 0 Å². The Morgan fingerprint density at radius 1 is 0.262 bits per heavy atom. The second-order valence-electron chi connectivity index (χ2n) is 16.6. The Balaban J connectivity index is 1.19. The average molecular weight is 844 g/mol. The van der Waals surface area contributed by atoms with E-state index in [1.54, 1.807) is 0 Å². The van der Waals surface area contributed by atoms with Gasteiger partial charge in [-0.15, -0.1) is 11.3 Å². The van der Waals surface area contributed by atoms with Crippen LogP contribution in [0.4, 0.5) is 0 Å². The van der Waals surface area contributed by atoms with Gasteiger partial charge in [-0.1, -0.05) is 206 Å². The molecule has 3 nitrogen and oxygen atoms in total. The molecule has 0 radical (unpaired) electrons. The number of thiophene rings is 1. The van der Waals surface area contributed by atoms with Gasteiger partial charge in [-0.05, 0) is 83.7 Å². The summed E-state index contributed by atoms with van der Waals surface area (Å²) in [4.78, 5) is 16.8. The van der Waals surface area contributed by atoms with Crippen molar-refractivity contribution in [1.82, 2.24) is 15.0 Å². The van der Waals surface area contributed by atoms with Crippen LogP contribution < -0.4 is 0 Å². The predicted molar refractivity (Wildman–Crippen MR) is 275 cm³/mol. The van der Waals surface area contributed by atoms with Crippen molar-refractivity contribution in [2.45, 2.75) is 0 Å². The van der Waals surface area contributed by atoms with Crippen LogP contribution in [0.5, 0.6) is 0 Å². The van der Waals surface area contributed by atoms with Crippen LogP contribution in [0.1, 0.15) is 0 Å². The van der Waals surface area contributed by atoms with Crippen LogP contribution in [0.2, 0.25) is 0 Å². The Labute approximate surface area is 379 Å². The summed E-state index contributed by atoms with van der Waals surface area (Å²) in [6.07, 6.45) is 0. The number of nitrogens with zero attached hydrogens (tertiary/aromatic N) is 3. The van der Waals surface area contributed by atoms with Crippen molar-refractivity contribution in [3.8, 4) is 67.5 Å². The summed E-state index contributed by atoms with van der Waals surface area (Å²) >= 11 is 1.84. The van der Waals surface area contributed by atoms with E-state index in [1.807, 2.05) is 11.3 Å². The van der Waals surface area contributed by atoms with E-state index in [0.717, 1.165) is 60.8 Å². The summed E-state index contributed by atoms with van der Waals surface area (Å²) in [7, 11) is 0. The third kappa shape index (κ3) is 6.22. The van der Waals surface area contributed by atoms with E-state index in [0.29, 0.717) is 17.5 Å². The van der Waals surface area contributed by atoms with Gasteiger partial charge in [0, 0.05) is 47.8 Å². The number of hydrogen-bond donors (Lipinski definition) is 0. The fraction of sp³-hybridized carbons (Fsp3) is 0. The second kappa shape index (κ2) is 15.2. The largest absolute Gasteiger partial charge is 0.208 e. The van der Waals surface area contributed by atoms with Gasteiger partial charge < -0.3 is 0 Å². The van der Waals surface area contributed by atoms with Crippen molar-refractivity contribution >= 4 is 74.6 Å². The minimum absolute atomic E-state index is 0.619. The highest BCUT2D eigenvalue weighted by Gasteiger charge is 2.25. The molecule has 0 atom stereocenters. The summed E-state index contributed by atoms with van der Waals surface area (Å²) in [6, 6.07) is 80.4. The summed E-state index contributed by atoms with van der Waals surface area (Å²) in [5.74, 6) is 1.88. The molecule has 0 amide bonds. The Kier molecular flexibility index (Phi) is 8.71. The minimum atomic E-state index is 0.619. The smallest absolute Gasteiger partial charge is 0.165 e. The molecular formula is C61H37N3S. The number of benzene rings is 11. The van der Waals surface area contributed by atoms with Gasteiger partial charge in [0.1, 0.15) is 0 Å². The van der Waals surface area contributed by atoms with Gasteiger partial charge >= 0.3 is 0 Å². The molecule has 302 valence electrons. The molecule has 0 aliphatic heterocycles. The molecule has 13 aromatic rings. The zero-order valence-electron chi connectivity index (χ0n) is 35.1. The molecule has 65 heavy (non-hydrogen) atoms. The van der Waals surface area contributed by atoms with Crippen LogP contribution in [0.25, 0.3) is 131 Å². The van der Waals surface area contributed by atoms with E-state index < -0.39 is 0 Å². The SMILES string of the molecule is c1ccc(-c2ccc(-c3nc(-c4cccc(-c5ccccc5)c4-c4ccccc4)nc(-c4c5c(cc6c7ccccc7c7ccccc7c46)sc4cc6ccccc6cc45)n3)cc2)cc1. The molecule has 0 bridgehead atoms. The van der Waals surface area contributed by atoms with Gasteiger partial charge in [0.05, 0.1) is 0 Å². The van der Waals surface area contributed by atoms with E-state index in [-0.39, 0.29) is 0 Å². The molecule has 0 aliphatic carbocycles. The van der Waals surface area contributed by atoms with Crippen molar-refractivity contribution in [3.63, 3.8) is 0 Å². The highest BCUT2D eigenvalue weighted by Crippen LogP contribution is 2.49. The van der Waals surface area contributed by atoms with Gasteiger partial charge in [0.25, 0.3) is 0 Å². The molecule has 0 spiro atoms. The fourth-order valence-electron chi connectivity index (χ4n) is 9.92. The Hall–Kier alpha value is -8.31. The molecule has 0 N–H and O–H groups in total. The fourth-order valence-corrected chi connectivity index (χ4v) is 11.1. The normalized spacial score (nSPS) is 11.7. The molecule has 0 saturated carbocycles. The summed E-state index contributed by atoms with van der Waals surface area (Å²) in [5.41, 5.74) is 9.60. The topological polar surface area (TPSA) is 38.7 Å². The van der Waals surface area contributed by atoms with Gasteiger partial charge in [-0.25, -0.2) is 15.0 Å². The highest BCUT2D eigenvalue weighted by molar-refractivity contribution is 7.26. The zero-order valence-corrected chi connectivity index (χ0v) is 35.9. The molecular weight excluding hydrogens is 807 g/mol. The maximum absolute atomic E-state index is 5.70. The summed E-state index contributed by atoms with van der Waals surface area (Å²) in [6.45, 7) is 0. The molecule has 0 saturated heterocycles. The van der Waals surface area contributed by atoms with Crippen LogP contribution in [0, 0.1) is 0 Å². The first-order valence-corrected chi connectivity index (χ1v) is 22.8. The first kappa shape index (κ1) is 37.3. The van der Waals surface area contributed by atoms with Gasteiger partial charge in [0.2, 0.25) is 0 Å². The lowest BCUT2D eigenvalue weighted by atomic mass is 9.89. The third-order valence-electron chi connectivity index (χ3n) is 12.9. The lowest BCUT2D eigenvalue weighted by molar-refractivity contribution is 1.08. The van der Waals surface area contributed by atoms with Crippen LogP contribution in [0.3, 0.4) is 0 Å². The van der Waals surface area contributed by atoms with Crippen molar-refractivity contribution in [2.75, 3.05) is 0 Å². The maximum atomic E-state index is 5.70. The third-order valence-corrected chi connectivity index (χ3v) is 14.0. The number of rotatable bonds is 6. The first-order chi connectivity index (χ1) is 32.2. The lowest BCUT2D eigenvalue weighted by Crippen LogP contribution is -2.03. The van der Waals surface area contributed by atoms with Crippen LogP contribution >= 0.6 is 11.3 Å². The van der Waals surface area contributed by atoms with E-state index in [1.165, 1.54) is 52.5 Å². The van der Waals surface area contributed by atoms with E-state index >= 15 is 0 Å². The highest BCUT2D eigenvalue weighted by atomic mass is 32.1. The number of fused-ring (bicyclic) bond motifs is 10. The summed E-state index contributed by atoms with van der Waals surface area (Å²) in [5, 5.41) is 11.9. The van der Waals surface area contributed by atoms with Gasteiger partial charge in [0.15, 0.2) is 17.5 Å². The predicted octanol–water partition coefficient (Wildman–Crippen LogP) is 16.9. The molecule has 11 aromatic carbocycles. The Bertz CT molecular complexity index is 3970. The van der Waals surface area contributed by atoms with E-state index in [4.69, 9.17) is 15.0 Å². The summed E-state index contributed by atoms with van der Waals surface area (Å²) < 4.78 is 2.43. The standard InChI is InChI=1S/C61H37N3S/c1-4-17-38(18-5-1)39-31-33-42(34-32-39)59-62-60(50-30-16-29-45(40-19-6-2-7-20-40)55(50)41-21-8-3-9-22-41)64-61(63-59)58-56-49-28-15-14-26-47(49)46-25-12-13-27-48(46)51(56)37-54-57(58)52-35-43-23-10-11-24-44(43)36-53(52)65-54/h1-37H. The monoisotopic (exact) mass is 843 g/mol. The Morgan fingerprint density at radius 2 is 0.769 bits per heavy atom. The van der Waals surface area contributed by atoms with E-state index in [2.05, 4.69) is 224 Å². The van der Waals surface area contributed by atoms with Gasteiger partial charge in [-0.3, -0.25) is 0 Å². The molecule has 2 heterocycles. The maximum Gasteiger partial charge on any atom is 0.165 e. The van der Waals surface area contributed by atoms with Crippen LogP contribution in [-0.4, -0.2) is 15.0 Å². The average Bonchev–Trinajstić information content (AvgIpc) is 3.74. The second-order valence-corrected chi connectivity index (χ2v) is 17.7. The van der Waals surface area contributed by atoms with Crippen LogP contribution in [0.15, 0.2) is 224 Å². The van der Waals surface area contributed by atoms with Crippen molar-refractivity contribution in [3.05, 3.63) is 224 Å². The molecule has 4 heteroatoms. The molecule has 2 aromatic heterocycles. The van der Waals surface area contributed by atoms with Gasteiger partial charge in [-0.2, -0.15) is 0 Å². The molecule has 0 aliphatic rings. The zero-order chi connectivity index (χ0) is 42.8. The lowest BCUT2D eigenvalue weighted by Gasteiger charge is -2.18. The Morgan fingerprint density at radius 3 is 1.48 bits per heavy atom. The molecule has 0 unspecified atom stereocenters. The molecule has 13 rings (SSSR count). The van der Waals surface area contributed by atoms with Crippen molar-refractivity contribution in [2.24, 2.45) is 0 Å². The first-order valence-electron chi connectivity index (χ1n) is 22.0. The van der Waals surface area contributed by atoms with Crippen molar-refractivity contribution < 1.29 is 0 Å². The molecule has 0 fully saturated rings. The number of hydrogen-bond acceptors (Lipinski definition) is 4. The minimum Gasteiger partial charge on any atom is -0.208 e. The van der Waals surface area contributed by atoms with Crippen molar-refractivity contribution in [1.29, 1.82) is 0 Å². The van der Waals surface area contributed by atoms with E-state index in [9.17, 15) is 0 Å². The quantitative estimate of drug-likeness (QED) is 0.157. The number of aromatic nitrogens is 3.